The van der Waals surface area contributed by atoms with E-state index in [4.69, 9.17) is 0 Å². The lowest BCUT2D eigenvalue weighted by atomic mass is 10.2. The number of carbonyl (C=O) groups is 1. The third kappa shape index (κ3) is 3.12. The number of amides is 1. The molecule has 0 spiro atoms. The van der Waals surface area contributed by atoms with Gasteiger partial charge in [0.25, 0.3) is 0 Å². The molecule has 0 aliphatic rings. The lowest BCUT2D eigenvalue weighted by Crippen LogP contribution is -1.96. The molecule has 0 saturated heterocycles. The minimum absolute atomic E-state index is 0.0360. The zero-order chi connectivity index (χ0) is 17.1. The van der Waals surface area contributed by atoms with Crippen LogP contribution in [0.1, 0.15) is 30.3 Å². The Bertz CT molecular complexity index is 911. The first-order valence-corrected chi connectivity index (χ1v) is 8.51. The first kappa shape index (κ1) is 16.4. The molecule has 7 heteroatoms. The number of aromatic nitrogens is 2. The summed E-state index contributed by atoms with van der Waals surface area (Å²) in [5.41, 5.74) is 1.54. The Balaban J connectivity index is 1.98. The van der Waals surface area contributed by atoms with Crippen LogP contribution in [-0.4, -0.2) is 20.6 Å². The van der Waals surface area contributed by atoms with Crippen LogP contribution in [0.2, 0.25) is 0 Å². The number of para-hydroxylation sites is 1. The number of benzene rings is 1. The summed E-state index contributed by atoms with van der Waals surface area (Å²) in [6.45, 7) is 2.78. The number of H-pyrrole nitrogens is 1. The van der Waals surface area contributed by atoms with Crippen molar-refractivity contribution in [3.8, 4) is 5.88 Å². The number of hydrogen-bond donors (Lipinski definition) is 2. The molecule has 6 nitrogen and oxygen atoms in total. The minimum atomic E-state index is -0.495. The van der Waals surface area contributed by atoms with Gasteiger partial charge in [-0.2, -0.15) is 0 Å². The number of rotatable bonds is 5. The summed E-state index contributed by atoms with van der Waals surface area (Å²) in [5, 5.41) is 19.0. The molecule has 0 fully saturated rings. The van der Waals surface area contributed by atoms with Crippen LogP contribution < -0.4 is 0 Å². The lowest BCUT2D eigenvalue weighted by molar-refractivity contribution is 0.0991. The van der Waals surface area contributed by atoms with Crippen LogP contribution in [0.3, 0.4) is 0 Å². The highest BCUT2D eigenvalue weighted by molar-refractivity contribution is 9.10. The Morgan fingerprint density at radius 2 is 2.17 bits per heavy atom. The molecule has 1 aromatic carbocycles. The Hall–Kier alpha value is -2.41. The van der Waals surface area contributed by atoms with Crippen molar-refractivity contribution in [1.82, 2.24) is 9.55 Å². The Kier molecular flexibility index (Phi) is 4.80. The lowest BCUT2D eigenvalue weighted by Gasteiger charge is -2.05. The number of halogens is 1. The Labute approximate surface area is 147 Å². The fourth-order valence-corrected chi connectivity index (χ4v) is 2.90. The van der Waals surface area contributed by atoms with Gasteiger partial charge in [0, 0.05) is 22.6 Å². The van der Waals surface area contributed by atoms with Gasteiger partial charge in [0.2, 0.25) is 5.88 Å². The van der Waals surface area contributed by atoms with Crippen molar-refractivity contribution in [2.45, 2.75) is 26.3 Å². The first-order chi connectivity index (χ1) is 11.6. The molecule has 3 aromatic rings. The van der Waals surface area contributed by atoms with Crippen LogP contribution >= 0.6 is 15.9 Å². The number of hydrogen-bond acceptors (Lipinski definition) is 3. The molecule has 2 aromatic heterocycles. The second-order valence-corrected chi connectivity index (χ2v) is 6.35. The molecule has 3 rings (SSSR count). The molecule has 24 heavy (non-hydrogen) atoms. The normalized spacial score (nSPS) is 11.6. The molecule has 0 aliphatic carbocycles. The second kappa shape index (κ2) is 7.00. The highest BCUT2D eigenvalue weighted by atomic mass is 79.9. The molecule has 124 valence electrons. The number of nitrogens with zero attached hydrogens (tertiary/aromatic N) is 3. The van der Waals surface area contributed by atoms with Gasteiger partial charge >= 0.3 is 5.91 Å². The molecule has 0 saturated carbocycles. The largest absolute Gasteiger partial charge is 0.493 e. The number of unbranched alkanes of at least 4 members (excludes halogenated alkanes) is 1. The van der Waals surface area contributed by atoms with Gasteiger partial charge in [-0.15, -0.1) is 10.2 Å². The van der Waals surface area contributed by atoms with E-state index in [0.29, 0.717) is 17.9 Å². The van der Waals surface area contributed by atoms with Crippen molar-refractivity contribution in [3.05, 3.63) is 46.7 Å². The summed E-state index contributed by atoms with van der Waals surface area (Å²) in [4.78, 5) is 14.9. The standard InChI is InChI=1S/C17H17BrN4O2/c1-2-3-8-22-14-7-5-4-6-12(14)15(17(22)24)20-21-16(23)13-9-11(18)10-19-13/h4-7,9-10,19,24H,2-3,8H2,1H3. The fourth-order valence-electron chi connectivity index (χ4n) is 2.55. The fraction of sp³-hybridized carbons (Fsp3) is 0.235. The second-order valence-electron chi connectivity index (χ2n) is 5.43. The maximum atomic E-state index is 12.1. The summed E-state index contributed by atoms with van der Waals surface area (Å²) in [6, 6.07) is 9.20. The van der Waals surface area contributed by atoms with Gasteiger partial charge in [-0.3, -0.25) is 4.79 Å². The zero-order valence-corrected chi connectivity index (χ0v) is 14.7. The van der Waals surface area contributed by atoms with Gasteiger partial charge in [0.15, 0.2) is 5.69 Å². The molecule has 1 amide bonds. The van der Waals surface area contributed by atoms with E-state index >= 15 is 0 Å². The van der Waals surface area contributed by atoms with Crippen LogP contribution in [-0.2, 0) is 6.54 Å². The number of carbonyl (C=O) groups excluding carboxylic acids is 1. The summed E-state index contributed by atoms with van der Waals surface area (Å²) in [6.07, 6.45) is 3.61. The number of aryl methyl sites for hydroxylation is 1. The summed E-state index contributed by atoms with van der Waals surface area (Å²) in [7, 11) is 0. The minimum Gasteiger partial charge on any atom is -0.493 e. The summed E-state index contributed by atoms with van der Waals surface area (Å²) < 4.78 is 2.57. The van der Waals surface area contributed by atoms with E-state index in [0.717, 1.165) is 28.2 Å². The van der Waals surface area contributed by atoms with Crippen molar-refractivity contribution in [1.29, 1.82) is 0 Å². The van der Waals surface area contributed by atoms with Gasteiger partial charge < -0.3 is 14.7 Å². The van der Waals surface area contributed by atoms with E-state index in [9.17, 15) is 9.90 Å². The van der Waals surface area contributed by atoms with E-state index in [1.165, 1.54) is 0 Å². The maximum Gasteiger partial charge on any atom is 0.311 e. The molecule has 2 N–H and O–H groups in total. The quantitative estimate of drug-likeness (QED) is 0.591. The summed E-state index contributed by atoms with van der Waals surface area (Å²) >= 11 is 3.27. The van der Waals surface area contributed by atoms with Gasteiger partial charge in [-0.1, -0.05) is 31.5 Å². The van der Waals surface area contributed by atoms with Crippen molar-refractivity contribution in [3.63, 3.8) is 0 Å². The molecule has 0 atom stereocenters. The van der Waals surface area contributed by atoms with Crippen LogP contribution in [0.4, 0.5) is 5.69 Å². The topological polar surface area (TPSA) is 82.7 Å². The predicted molar refractivity (Wildman–Crippen MR) is 95.9 cm³/mol. The van der Waals surface area contributed by atoms with Crippen molar-refractivity contribution < 1.29 is 9.90 Å². The summed E-state index contributed by atoms with van der Waals surface area (Å²) in [5.74, 6) is -0.459. The monoisotopic (exact) mass is 388 g/mol. The van der Waals surface area contributed by atoms with Gasteiger partial charge in [-0.25, -0.2) is 0 Å². The van der Waals surface area contributed by atoms with E-state index in [2.05, 4.69) is 38.1 Å². The molecule has 0 bridgehead atoms. The molecule has 0 unspecified atom stereocenters. The van der Waals surface area contributed by atoms with Gasteiger partial charge in [0.05, 0.1) is 5.52 Å². The van der Waals surface area contributed by atoms with Crippen LogP contribution in [0.25, 0.3) is 10.9 Å². The van der Waals surface area contributed by atoms with Crippen LogP contribution in [0, 0.1) is 0 Å². The molecule has 0 aliphatic heterocycles. The van der Waals surface area contributed by atoms with E-state index < -0.39 is 5.91 Å². The zero-order valence-electron chi connectivity index (χ0n) is 13.2. The van der Waals surface area contributed by atoms with E-state index in [1.807, 2.05) is 28.8 Å². The van der Waals surface area contributed by atoms with Crippen LogP contribution in [0.15, 0.2) is 51.2 Å². The van der Waals surface area contributed by atoms with Crippen molar-refractivity contribution >= 4 is 38.4 Å². The van der Waals surface area contributed by atoms with Gasteiger partial charge in [-0.05, 0) is 34.5 Å². The maximum absolute atomic E-state index is 12.1. The average molecular weight is 389 g/mol. The number of aromatic hydroxyl groups is 1. The highest BCUT2D eigenvalue weighted by Crippen LogP contribution is 2.39. The number of fused-ring (bicyclic) bond motifs is 1. The van der Waals surface area contributed by atoms with Crippen molar-refractivity contribution in [2.24, 2.45) is 10.2 Å². The smallest absolute Gasteiger partial charge is 0.311 e. The number of nitrogens with one attached hydrogen (secondary N) is 1. The SMILES string of the molecule is CCCCn1c(O)c(N=NC(=O)c2cc(Br)c[nH]2)c2ccccc21. The molecule has 2 heterocycles. The average Bonchev–Trinajstić information content (AvgIpc) is 3.13. The third-order valence-corrected chi connectivity index (χ3v) is 4.23. The third-order valence-electron chi connectivity index (χ3n) is 3.77. The molecular formula is C17H17BrN4O2. The van der Waals surface area contributed by atoms with Crippen molar-refractivity contribution in [2.75, 3.05) is 0 Å². The predicted octanol–water partition coefficient (Wildman–Crippen LogP) is 5.16. The highest BCUT2D eigenvalue weighted by Gasteiger charge is 2.16. The molecular weight excluding hydrogens is 372 g/mol. The first-order valence-electron chi connectivity index (χ1n) is 7.72. The van der Waals surface area contributed by atoms with E-state index in [1.54, 1.807) is 12.3 Å². The van der Waals surface area contributed by atoms with Gasteiger partial charge in [0.1, 0.15) is 5.69 Å². The molecule has 0 radical (unpaired) electrons. The van der Waals surface area contributed by atoms with Crippen LogP contribution in [0.5, 0.6) is 5.88 Å². The number of azo groups is 1. The van der Waals surface area contributed by atoms with E-state index in [-0.39, 0.29) is 5.88 Å². The Morgan fingerprint density at radius 1 is 1.38 bits per heavy atom. The Morgan fingerprint density at radius 3 is 2.88 bits per heavy atom. The number of aromatic amines is 1.